The molecule has 1 fully saturated rings. The Labute approximate surface area is 207 Å². The van der Waals surface area contributed by atoms with Crippen molar-refractivity contribution in [2.24, 2.45) is 0 Å². The lowest BCUT2D eigenvalue weighted by atomic mass is 10.1. The van der Waals surface area contributed by atoms with Crippen LogP contribution in [0.3, 0.4) is 0 Å². The number of aliphatic hydroxyl groups excluding tert-OH is 2. The van der Waals surface area contributed by atoms with Gasteiger partial charge in [-0.2, -0.15) is 0 Å². The Balaban J connectivity index is 3.43. The van der Waals surface area contributed by atoms with Gasteiger partial charge in [0, 0.05) is 0 Å². The lowest BCUT2D eigenvalue weighted by molar-refractivity contribution is -0.146. The zero-order valence-corrected chi connectivity index (χ0v) is 27.1. The van der Waals surface area contributed by atoms with Crippen LogP contribution in [0.15, 0.2) is 0 Å². The molecule has 6 nitrogen and oxygen atoms in total. The van der Waals surface area contributed by atoms with Gasteiger partial charge in [-0.15, -0.1) is 0 Å². The van der Waals surface area contributed by atoms with Crippen molar-refractivity contribution in [2.75, 3.05) is 6.61 Å². The molecule has 1 heterocycles. The molecule has 0 spiro atoms. The molecule has 1 rings (SSSR count). The molecule has 33 heavy (non-hydrogen) atoms. The van der Waals surface area contributed by atoms with Gasteiger partial charge in [-0.3, -0.25) is 0 Å². The minimum absolute atomic E-state index is 0.0233. The van der Waals surface area contributed by atoms with Gasteiger partial charge in [-0.05, 0) is 54.4 Å². The summed E-state index contributed by atoms with van der Waals surface area (Å²) in [6.45, 7) is 32.5. The van der Waals surface area contributed by atoms with Crippen molar-refractivity contribution in [1.29, 1.82) is 0 Å². The molecular weight excluding hydrogens is 469 g/mol. The third-order valence-corrected chi connectivity index (χ3v) is 21.9. The second-order valence-corrected chi connectivity index (χ2v) is 28.5. The fourth-order valence-corrected chi connectivity index (χ4v) is 6.93. The molecule has 9 heteroatoms. The van der Waals surface area contributed by atoms with Crippen LogP contribution in [0.5, 0.6) is 0 Å². The highest BCUT2D eigenvalue weighted by atomic mass is 28.4. The summed E-state index contributed by atoms with van der Waals surface area (Å²) in [6.07, 6.45) is -3.47. The Morgan fingerprint density at radius 1 is 0.697 bits per heavy atom. The molecule has 2 N–H and O–H groups in total. The quantitative estimate of drug-likeness (QED) is 0.388. The summed E-state index contributed by atoms with van der Waals surface area (Å²) in [4.78, 5) is 0. The summed E-state index contributed by atoms with van der Waals surface area (Å²) in [6, 6.07) is 0. The van der Waals surface area contributed by atoms with Crippen LogP contribution in [0, 0.1) is 0 Å². The average Bonchev–Trinajstić information content (AvgIpc) is 2.85. The molecule has 198 valence electrons. The first-order valence-corrected chi connectivity index (χ1v) is 21.1. The topological polar surface area (TPSA) is 77.4 Å². The Kier molecular flexibility index (Phi) is 9.57. The Bertz CT molecular complexity index is 646. The Morgan fingerprint density at radius 2 is 1.06 bits per heavy atom. The van der Waals surface area contributed by atoms with Crippen molar-refractivity contribution < 1.29 is 28.2 Å². The van der Waals surface area contributed by atoms with E-state index in [1.165, 1.54) is 0 Å². The van der Waals surface area contributed by atoms with E-state index in [0.29, 0.717) is 0 Å². The largest absolute Gasteiger partial charge is 0.409 e. The third kappa shape index (κ3) is 7.22. The normalized spacial score (nSPS) is 27.2. The number of rotatable bonds is 8. The highest BCUT2D eigenvalue weighted by Crippen LogP contribution is 2.45. The van der Waals surface area contributed by atoms with Gasteiger partial charge in [0.05, 0.1) is 12.7 Å². The first-order valence-electron chi connectivity index (χ1n) is 12.4. The number of hydrogen-bond acceptors (Lipinski definition) is 6. The third-order valence-electron chi connectivity index (χ3n) is 8.50. The average molecular weight is 523 g/mol. The molecule has 0 aromatic rings. The van der Waals surface area contributed by atoms with Gasteiger partial charge in [-0.25, -0.2) is 0 Å². The van der Waals surface area contributed by atoms with E-state index in [4.69, 9.17) is 18.0 Å². The highest BCUT2D eigenvalue weighted by molar-refractivity contribution is 6.75. The van der Waals surface area contributed by atoms with Gasteiger partial charge in [-0.1, -0.05) is 62.3 Å². The van der Waals surface area contributed by atoms with E-state index in [0.717, 1.165) is 0 Å². The molecule has 1 aliphatic rings. The smallest absolute Gasteiger partial charge is 0.192 e. The summed E-state index contributed by atoms with van der Waals surface area (Å²) in [5.74, 6) is 0. The van der Waals surface area contributed by atoms with E-state index in [2.05, 4.69) is 102 Å². The van der Waals surface area contributed by atoms with Crippen LogP contribution in [0.25, 0.3) is 0 Å². The van der Waals surface area contributed by atoms with Crippen molar-refractivity contribution in [3.63, 3.8) is 0 Å². The molecule has 0 aliphatic carbocycles. The minimum atomic E-state index is -2.24. The van der Waals surface area contributed by atoms with Crippen LogP contribution in [0.2, 0.25) is 54.4 Å². The van der Waals surface area contributed by atoms with Crippen LogP contribution in [-0.2, 0) is 18.0 Å². The van der Waals surface area contributed by atoms with Gasteiger partial charge in [0.2, 0.25) is 0 Å². The molecular formula is C24H54O6Si3. The number of hydrogen-bond donors (Lipinski definition) is 2. The molecule has 0 amide bonds. The molecule has 0 bridgehead atoms. The highest BCUT2D eigenvalue weighted by Gasteiger charge is 2.56. The lowest BCUT2D eigenvalue weighted by Gasteiger charge is -2.45. The monoisotopic (exact) mass is 522 g/mol. The van der Waals surface area contributed by atoms with Crippen molar-refractivity contribution in [3.05, 3.63) is 0 Å². The summed E-state index contributed by atoms with van der Waals surface area (Å²) in [5, 5.41) is 21.4. The summed E-state index contributed by atoms with van der Waals surface area (Å²) >= 11 is 0. The number of aliphatic hydroxyl groups is 2. The predicted molar refractivity (Wildman–Crippen MR) is 144 cm³/mol. The molecule has 5 atom stereocenters. The first-order chi connectivity index (χ1) is 14.4. The Morgan fingerprint density at radius 3 is 1.39 bits per heavy atom. The van der Waals surface area contributed by atoms with Crippen LogP contribution >= 0.6 is 0 Å². The van der Waals surface area contributed by atoms with Crippen molar-refractivity contribution >= 4 is 25.0 Å². The molecule has 0 unspecified atom stereocenters. The Hall–Kier alpha value is 0.411. The van der Waals surface area contributed by atoms with Crippen LogP contribution in [0.4, 0.5) is 0 Å². The maximum Gasteiger partial charge on any atom is 0.192 e. The molecule has 0 aromatic carbocycles. The van der Waals surface area contributed by atoms with Gasteiger partial charge in [0.15, 0.2) is 31.2 Å². The molecule has 1 saturated heterocycles. The summed E-state index contributed by atoms with van der Waals surface area (Å²) in [5.41, 5.74) is 0. The van der Waals surface area contributed by atoms with Crippen molar-refractivity contribution in [3.8, 4) is 0 Å². The predicted octanol–water partition coefficient (Wildman–Crippen LogP) is 5.87. The summed E-state index contributed by atoms with van der Waals surface area (Å²) in [7, 11) is -6.67. The maximum absolute atomic E-state index is 11.0. The molecule has 0 radical (unpaired) electrons. The maximum atomic E-state index is 11.0. The van der Waals surface area contributed by atoms with Crippen molar-refractivity contribution in [1.82, 2.24) is 0 Å². The second kappa shape index (κ2) is 10.0. The van der Waals surface area contributed by atoms with Crippen LogP contribution in [0.1, 0.15) is 62.3 Å². The minimum Gasteiger partial charge on any atom is -0.409 e. The lowest BCUT2D eigenvalue weighted by Crippen LogP contribution is -2.57. The van der Waals surface area contributed by atoms with E-state index in [-0.39, 0.29) is 21.7 Å². The zero-order chi connectivity index (χ0) is 26.4. The van der Waals surface area contributed by atoms with Crippen LogP contribution in [-0.4, -0.2) is 72.5 Å². The molecule has 1 aliphatic heterocycles. The standard InChI is InChI=1S/C24H54O6Si3/c1-22(2,3)31(10,11)28-17(16-25)18-19(29-32(12,13)23(4,5)6)20(21(26)27-18)30-33(14,15)24(7,8)9/h17-21,25-26H,16H2,1-15H3/t17-,18+,19+,20-,21-/m1/s1. The fraction of sp³-hybridized carbons (Fsp3) is 1.00. The van der Waals surface area contributed by atoms with E-state index in [1.807, 2.05) is 0 Å². The fourth-order valence-electron chi connectivity index (χ4n) is 3.02. The van der Waals surface area contributed by atoms with Crippen molar-refractivity contribution in [2.45, 2.75) is 147 Å². The van der Waals surface area contributed by atoms with E-state index in [1.54, 1.807) is 0 Å². The zero-order valence-electron chi connectivity index (χ0n) is 24.1. The van der Waals surface area contributed by atoms with Gasteiger partial charge in [0.1, 0.15) is 18.3 Å². The first kappa shape index (κ1) is 31.4. The van der Waals surface area contributed by atoms with Gasteiger partial charge in [0.25, 0.3) is 0 Å². The van der Waals surface area contributed by atoms with E-state index >= 15 is 0 Å². The van der Waals surface area contributed by atoms with E-state index < -0.39 is 55.7 Å². The van der Waals surface area contributed by atoms with Gasteiger partial charge >= 0.3 is 0 Å². The molecule has 0 saturated carbocycles. The van der Waals surface area contributed by atoms with Gasteiger partial charge < -0.3 is 28.2 Å². The summed E-state index contributed by atoms with van der Waals surface area (Å²) < 4.78 is 26.3. The van der Waals surface area contributed by atoms with E-state index in [9.17, 15) is 10.2 Å². The SMILES string of the molecule is CC(C)(C)[Si](C)(C)O[C@@H]1[C@@H](O[Si](C)(C)C(C)(C)C)[C@H](O)O[C@H]1[C@@H](CO)O[Si](C)(C)C(C)(C)C. The number of ether oxygens (including phenoxy) is 1. The second-order valence-electron chi connectivity index (χ2n) is 14.3. The molecule has 0 aromatic heterocycles. The van der Waals surface area contributed by atoms with Crippen LogP contribution < -0.4 is 0 Å².